The number of carbonyl (C=O) groups is 2. The highest BCUT2D eigenvalue weighted by Gasteiger charge is 2.03. The minimum atomic E-state index is -0.471. The van der Waals surface area contributed by atoms with Crippen molar-refractivity contribution in [3.8, 4) is 17.2 Å². The summed E-state index contributed by atoms with van der Waals surface area (Å²) in [5, 5.41) is 3.92. The van der Waals surface area contributed by atoms with Crippen molar-refractivity contribution >= 4 is 24.2 Å². The fourth-order valence-electron chi connectivity index (χ4n) is 2.83. The van der Waals surface area contributed by atoms with Gasteiger partial charge in [-0.3, -0.25) is 4.79 Å². The van der Waals surface area contributed by atoms with Crippen molar-refractivity contribution in [1.29, 1.82) is 0 Å². The number of amides is 1. The molecule has 7 heteroatoms. The SMILES string of the molecule is CCCCOc1ccc(OCC(=O)N/N=C/c2ccc(OC(=O)/C=C/c3ccccc3)cc2)cc1. The molecule has 35 heavy (non-hydrogen) atoms. The molecule has 3 aromatic rings. The molecule has 0 radical (unpaired) electrons. The van der Waals surface area contributed by atoms with E-state index in [0.29, 0.717) is 18.1 Å². The van der Waals surface area contributed by atoms with Gasteiger partial charge >= 0.3 is 5.97 Å². The lowest BCUT2D eigenvalue weighted by atomic mass is 10.2. The number of nitrogens with one attached hydrogen (secondary N) is 1. The lowest BCUT2D eigenvalue weighted by Crippen LogP contribution is -2.24. The summed E-state index contributed by atoms with van der Waals surface area (Å²) < 4.78 is 16.3. The van der Waals surface area contributed by atoms with E-state index >= 15 is 0 Å². The summed E-state index contributed by atoms with van der Waals surface area (Å²) in [5.41, 5.74) is 4.05. The zero-order valence-electron chi connectivity index (χ0n) is 19.6. The van der Waals surface area contributed by atoms with Gasteiger partial charge in [-0.2, -0.15) is 5.10 Å². The van der Waals surface area contributed by atoms with Crippen molar-refractivity contribution in [2.75, 3.05) is 13.2 Å². The van der Waals surface area contributed by atoms with E-state index < -0.39 is 5.97 Å². The van der Waals surface area contributed by atoms with Crippen LogP contribution < -0.4 is 19.6 Å². The molecule has 0 spiro atoms. The molecule has 1 amide bonds. The average Bonchev–Trinajstić information content (AvgIpc) is 2.89. The predicted molar refractivity (Wildman–Crippen MR) is 136 cm³/mol. The van der Waals surface area contributed by atoms with Gasteiger partial charge < -0.3 is 14.2 Å². The number of hydrazone groups is 1. The number of rotatable bonds is 12. The van der Waals surface area contributed by atoms with E-state index in [4.69, 9.17) is 14.2 Å². The van der Waals surface area contributed by atoms with Crippen molar-refractivity contribution in [3.63, 3.8) is 0 Å². The molecule has 0 bridgehead atoms. The van der Waals surface area contributed by atoms with Crippen LogP contribution in [0.3, 0.4) is 0 Å². The van der Waals surface area contributed by atoms with Crippen LogP contribution in [0.4, 0.5) is 0 Å². The minimum absolute atomic E-state index is 0.168. The van der Waals surface area contributed by atoms with E-state index in [-0.39, 0.29) is 12.5 Å². The summed E-state index contributed by atoms with van der Waals surface area (Å²) in [5.74, 6) is 0.880. The summed E-state index contributed by atoms with van der Waals surface area (Å²) in [6, 6.07) is 23.3. The maximum atomic E-state index is 12.0. The number of benzene rings is 3. The molecule has 3 aromatic carbocycles. The van der Waals surface area contributed by atoms with Crippen molar-refractivity contribution in [2.24, 2.45) is 5.10 Å². The molecule has 0 aliphatic carbocycles. The van der Waals surface area contributed by atoms with Gasteiger partial charge in [-0.15, -0.1) is 0 Å². The molecule has 1 N–H and O–H groups in total. The van der Waals surface area contributed by atoms with E-state index in [1.165, 1.54) is 12.3 Å². The van der Waals surface area contributed by atoms with Crippen LogP contribution >= 0.6 is 0 Å². The molecule has 3 rings (SSSR count). The second-order valence-corrected chi connectivity index (χ2v) is 7.49. The summed E-state index contributed by atoms with van der Waals surface area (Å²) >= 11 is 0. The second kappa shape index (κ2) is 14.0. The number of esters is 1. The summed E-state index contributed by atoms with van der Waals surface area (Å²) in [6.07, 6.45) is 6.63. The molecule has 0 heterocycles. The van der Waals surface area contributed by atoms with Gasteiger partial charge in [0.05, 0.1) is 12.8 Å². The van der Waals surface area contributed by atoms with Crippen molar-refractivity contribution in [3.05, 3.63) is 96.1 Å². The molecule has 0 aliphatic heterocycles. The topological polar surface area (TPSA) is 86.2 Å². The number of hydrogen-bond donors (Lipinski definition) is 1. The number of ether oxygens (including phenoxy) is 3. The molecule has 0 saturated heterocycles. The minimum Gasteiger partial charge on any atom is -0.494 e. The van der Waals surface area contributed by atoms with Crippen LogP contribution in [0.1, 0.15) is 30.9 Å². The van der Waals surface area contributed by atoms with Crippen LogP contribution in [0, 0.1) is 0 Å². The van der Waals surface area contributed by atoms with Crippen molar-refractivity contribution < 1.29 is 23.8 Å². The highest BCUT2D eigenvalue weighted by Crippen LogP contribution is 2.18. The van der Waals surface area contributed by atoms with E-state index in [1.54, 1.807) is 42.5 Å². The van der Waals surface area contributed by atoms with Gasteiger partial charge in [0.2, 0.25) is 0 Å². The molecular weight excluding hydrogens is 444 g/mol. The van der Waals surface area contributed by atoms with Gasteiger partial charge in [0.25, 0.3) is 5.91 Å². The van der Waals surface area contributed by atoms with Crippen LogP contribution in [0.2, 0.25) is 0 Å². The van der Waals surface area contributed by atoms with Crippen LogP contribution in [0.15, 0.2) is 90.0 Å². The Labute approximate surface area is 205 Å². The Morgan fingerprint density at radius 1 is 0.829 bits per heavy atom. The van der Waals surface area contributed by atoms with Gasteiger partial charge in [-0.05, 0) is 72.2 Å². The maximum Gasteiger partial charge on any atom is 0.336 e. The van der Waals surface area contributed by atoms with Crippen molar-refractivity contribution in [2.45, 2.75) is 19.8 Å². The third-order valence-corrected chi connectivity index (χ3v) is 4.67. The second-order valence-electron chi connectivity index (χ2n) is 7.49. The number of hydrogen-bond acceptors (Lipinski definition) is 6. The number of unbranched alkanes of at least 4 members (excludes halogenated alkanes) is 1. The van der Waals surface area contributed by atoms with Crippen LogP contribution in [0.5, 0.6) is 17.2 Å². The van der Waals surface area contributed by atoms with E-state index in [0.717, 1.165) is 29.7 Å². The average molecular weight is 473 g/mol. The first-order valence-corrected chi connectivity index (χ1v) is 11.3. The quantitative estimate of drug-likeness (QED) is 0.1000. The highest BCUT2D eigenvalue weighted by atomic mass is 16.5. The lowest BCUT2D eigenvalue weighted by molar-refractivity contribution is -0.129. The van der Waals surface area contributed by atoms with Gasteiger partial charge in [0, 0.05) is 6.08 Å². The molecule has 180 valence electrons. The summed E-state index contributed by atoms with van der Waals surface area (Å²) in [6.45, 7) is 2.62. The van der Waals surface area contributed by atoms with Crippen LogP contribution in [-0.2, 0) is 9.59 Å². The fourth-order valence-corrected chi connectivity index (χ4v) is 2.83. The van der Waals surface area contributed by atoms with E-state index in [9.17, 15) is 9.59 Å². The highest BCUT2D eigenvalue weighted by molar-refractivity contribution is 5.89. The first-order chi connectivity index (χ1) is 17.1. The van der Waals surface area contributed by atoms with Gasteiger partial charge in [-0.1, -0.05) is 43.7 Å². The Hall–Kier alpha value is -4.39. The van der Waals surface area contributed by atoms with Crippen LogP contribution in [0.25, 0.3) is 6.08 Å². The van der Waals surface area contributed by atoms with Gasteiger partial charge in [-0.25, -0.2) is 10.2 Å². The molecule has 0 saturated carbocycles. The normalized spacial score (nSPS) is 10.9. The zero-order chi connectivity index (χ0) is 24.7. The Balaban J connectivity index is 1.38. The standard InChI is InChI=1S/C28H28N2O5/c1-2-3-19-33-24-14-16-25(17-15-24)34-21-27(31)30-29-20-23-9-12-26(13-10-23)35-28(32)18-11-22-7-5-4-6-8-22/h4-18,20H,2-3,19,21H2,1H3,(H,30,31)/b18-11+,29-20+. The smallest absolute Gasteiger partial charge is 0.336 e. The summed E-state index contributed by atoms with van der Waals surface area (Å²) in [7, 11) is 0. The monoisotopic (exact) mass is 472 g/mol. The fraction of sp³-hybridized carbons (Fsp3) is 0.179. The molecule has 0 aliphatic rings. The zero-order valence-corrected chi connectivity index (χ0v) is 19.6. The molecular formula is C28H28N2O5. The maximum absolute atomic E-state index is 12.0. The Kier molecular flexibility index (Phi) is 10.1. The van der Waals surface area contributed by atoms with E-state index in [2.05, 4.69) is 17.5 Å². The Morgan fingerprint density at radius 3 is 2.17 bits per heavy atom. The van der Waals surface area contributed by atoms with E-state index in [1.807, 2.05) is 42.5 Å². The number of nitrogens with zero attached hydrogens (tertiary/aromatic N) is 1. The Morgan fingerprint density at radius 2 is 1.49 bits per heavy atom. The first-order valence-electron chi connectivity index (χ1n) is 11.3. The lowest BCUT2D eigenvalue weighted by Gasteiger charge is -2.07. The summed E-state index contributed by atoms with van der Waals surface area (Å²) in [4.78, 5) is 23.9. The molecule has 0 aromatic heterocycles. The molecule has 7 nitrogen and oxygen atoms in total. The molecule has 0 atom stereocenters. The number of carbonyl (C=O) groups excluding carboxylic acids is 2. The van der Waals surface area contributed by atoms with Crippen LogP contribution in [-0.4, -0.2) is 31.3 Å². The molecule has 0 fully saturated rings. The Bertz CT molecular complexity index is 1120. The third-order valence-electron chi connectivity index (χ3n) is 4.67. The largest absolute Gasteiger partial charge is 0.494 e. The van der Waals surface area contributed by atoms with Crippen molar-refractivity contribution in [1.82, 2.24) is 5.43 Å². The molecule has 0 unspecified atom stereocenters. The first kappa shape index (κ1) is 25.2. The van der Waals surface area contributed by atoms with Gasteiger partial charge in [0.1, 0.15) is 17.2 Å². The predicted octanol–water partition coefficient (Wildman–Crippen LogP) is 5.01. The van der Waals surface area contributed by atoms with Gasteiger partial charge in [0.15, 0.2) is 6.61 Å². The third kappa shape index (κ3) is 9.55.